The van der Waals surface area contributed by atoms with Gasteiger partial charge < -0.3 is 15.0 Å². The summed E-state index contributed by atoms with van der Waals surface area (Å²) in [5, 5.41) is 4.83. The number of ether oxygens (including phenoxy) is 1. The lowest BCUT2D eigenvalue weighted by Gasteiger charge is -2.48. The van der Waals surface area contributed by atoms with Gasteiger partial charge in [-0.3, -0.25) is 9.59 Å². The van der Waals surface area contributed by atoms with Crippen molar-refractivity contribution >= 4 is 39.0 Å². The van der Waals surface area contributed by atoms with Gasteiger partial charge in [-0.15, -0.1) is 0 Å². The summed E-state index contributed by atoms with van der Waals surface area (Å²) in [7, 11) is -3.40. The van der Waals surface area contributed by atoms with E-state index < -0.39 is 9.84 Å². The zero-order valence-electron chi connectivity index (χ0n) is 24.4. The standard InChI is InChI=1S/C34H40N2O5S/c1-34-13-11-26-27(29(34)9-10-32(34)37)8-6-23-20-30(35-25-7-5-22-12-18-42(39,40)31(22)21-25)24(19-28(23)26)3-2-4-33(38)36-14-16-41-17-15-36/h5,7,12,18-21,26-27,29,35H,2-4,6,8-11,13-17H2,1H3/t26-,27+,29-,34-/m0/s1. The molecular weight excluding hydrogens is 548 g/mol. The highest BCUT2D eigenvalue weighted by Crippen LogP contribution is 2.59. The van der Waals surface area contributed by atoms with Crippen LogP contribution in [0.5, 0.6) is 0 Å². The molecule has 8 heteroatoms. The number of hydrogen-bond acceptors (Lipinski definition) is 6. The van der Waals surface area contributed by atoms with Gasteiger partial charge >= 0.3 is 0 Å². The number of rotatable bonds is 6. The van der Waals surface area contributed by atoms with Crippen molar-refractivity contribution in [1.82, 2.24) is 4.90 Å². The van der Waals surface area contributed by atoms with Crippen molar-refractivity contribution in [3.05, 3.63) is 58.0 Å². The van der Waals surface area contributed by atoms with Crippen LogP contribution in [-0.4, -0.2) is 51.3 Å². The maximum Gasteiger partial charge on any atom is 0.222 e. The summed E-state index contributed by atoms with van der Waals surface area (Å²) in [6, 6.07) is 10.2. The lowest BCUT2D eigenvalue weighted by molar-refractivity contribution is -0.135. The minimum Gasteiger partial charge on any atom is -0.378 e. The van der Waals surface area contributed by atoms with Gasteiger partial charge in [0.05, 0.1) is 18.1 Å². The number of fused-ring (bicyclic) bond motifs is 6. The molecule has 0 unspecified atom stereocenters. The van der Waals surface area contributed by atoms with E-state index in [0.29, 0.717) is 66.7 Å². The fourth-order valence-electron chi connectivity index (χ4n) is 8.55. The molecule has 222 valence electrons. The lowest BCUT2D eigenvalue weighted by atomic mass is 9.55. The van der Waals surface area contributed by atoms with Crippen LogP contribution < -0.4 is 5.32 Å². The maximum atomic E-state index is 12.9. The molecule has 2 saturated carbocycles. The summed E-state index contributed by atoms with van der Waals surface area (Å²) in [5.74, 6) is 2.14. The molecule has 2 heterocycles. The minimum atomic E-state index is -3.40. The van der Waals surface area contributed by atoms with Crippen molar-refractivity contribution < 1.29 is 22.7 Å². The first-order valence-corrected chi connectivity index (χ1v) is 17.2. The molecule has 2 aliphatic heterocycles. The van der Waals surface area contributed by atoms with E-state index in [-0.39, 0.29) is 11.3 Å². The van der Waals surface area contributed by atoms with E-state index in [0.717, 1.165) is 62.7 Å². The molecule has 4 atom stereocenters. The molecule has 0 spiro atoms. The van der Waals surface area contributed by atoms with Crippen LogP contribution in [0.2, 0.25) is 0 Å². The number of amides is 1. The van der Waals surface area contributed by atoms with Crippen LogP contribution >= 0.6 is 0 Å². The second kappa shape index (κ2) is 10.6. The monoisotopic (exact) mass is 588 g/mol. The zero-order valence-corrected chi connectivity index (χ0v) is 25.2. The predicted molar refractivity (Wildman–Crippen MR) is 162 cm³/mol. The number of ketones is 1. The Morgan fingerprint density at radius 1 is 1.10 bits per heavy atom. The highest BCUT2D eigenvalue weighted by molar-refractivity contribution is 7.94. The van der Waals surface area contributed by atoms with Gasteiger partial charge in [-0.1, -0.05) is 19.1 Å². The summed E-state index contributed by atoms with van der Waals surface area (Å²) in [4.78, 5) is 28.0. The Balaban J connectivity index is 1.18. The Morgan fingerprint density at radius 2 is 1.93 bits per heavy atom. The van der Waals surface area contributed by atoms with Gasteiger partial charge in [-0.05, 0) is 109 Å². The average molecular weight is 589 g/mol. The number of anilines is 2. The number of carbonyl (C=O) groups excluding carboxylic acids is 2. The number of aryl methyl sites for hydroxylation is 2. The van der Waals surface area contributed by atoms with Crippen molar-refractivity contribution in [1.29, 1.82) is 0 Å². The molecule has 7 nitrogen and oxygen atoms in total. The number of sulfone groups is 1. The molecule has 1 saturated heterocycles. The fourth-order valence-corrected chi connectivity index (χ4v) is 9.78. The number of carbonyl (C=O) groups is 2. The summed E-state index contributed by atoms with van der Waals surface area (Å²) >= 11 is 0. The highest BCUT2D eigenvalue weighted by atomic mass is 32.2. The summed E-state index contributed by atoms with van der Waals surface area (Å²) < 4.78 is 30.5. The van der Waals surface area contributed by atoms with Crippen LogP contribution in [-0.2, 0) is 37.0 Å². The second-order valence-corrected chi connectivity index (χ2v) is 14.9. The number of morpholine rings is 1. The third kappa shape index (κ3) is 4.80. The van der Waals surface area contributed by atoms with Crippen LogP contribution in [0.4, 0.5) is 11.4 Å². The average Bonchev–Trinajstić information content (AvgIpc) is 3.47. The van der Waals surface area contributed by atoms with Crippen LogP contribution in [0.1, 0.15) is 80.0 Å². The van der Waals surface area contributed by atoms with Crippen molar-refractivity contribution in [3.8, 4) is 0 Å². The Kier molecular flexibility index (Phi) is 7.05. The van der Waals surface area contributed by atoms with Crippen LogP contribution in [0.25, 0.3) is 6.08 Å². The smallest absolute Gasteiger partial charge is 0.222 e. The molecule has 7 rings (SSSR count). The largest absolute Gasteiger partial charge is 0.378 e. The van der Waals surface area contributed by atoms with E-state index in [1.165, 1.54) is 22.1 Å². The Hall–Kier alpha value is -2.97. The van der Waals surface area contributed by atoms with Crippen molar-refractivity contribution in [2.75, 3.05) is 31.6 Å². The number of nitrogens with zero attached hydrogens (tertiary/aromatic N) is 1. The van der Waals surface area contributed by atoms with Gasteiger partial charge in [0, 0.05) is 48.1 Å². The quantitative estimate of drug-likeness (QED) is 0.459. The Labute approximate surface area is 248 Å². The van der Waals surface area contributed by atoms with Crippen LogP contribution in [0, 0.1) is 17.3 Å². The molecular formula is C34H40N2O5S. The van der Waals surface area contributed by atoms with Gasteiger partial charge in [0.15, 0.2) is 0 Å². The highest BCUT2D eigenvalue weighted by Gasteiger charge is 2.54. The van der Waals surface area contributed by atoms with Gasteiger partial charge in [0.25, 0.3) is 0 Å². The lowest BCUT2D eigenvalue weighted by Crippen LogP contribution is -2.42. The van der Waals surface area contributed by atoms with E-state index in [1.807, 2.05) is 17.0 Å². The molecule has 1 amide bonds. The molecule has 42 heavy (non-hydrogen) atoms. The van der Waals surface area contributed by atoms with Gasteiger partial charge in [0.2, 0.25) is 15.7 Å². The third-order valence-electron chi connectivity index (χ3n) is 10.9. The van der Waals surface area contributed by atoms with Gasteiger partial charge in [-0.25, -0.2) is 8.42 Å². The Morgan fingerprint density at radius 3 is 2.76 bits per heavy atom. The van der Waals surface area contributed by atoms with Gasteiger partial charge in [0.1, 0.15) is 5.78 Å². The zero-order chi connectivity index (χ0) is 29.1. The molecule has 0 radical (unpaired) electrons. The molecule has 3 aliphatic carbocycles. The van der Waals surface area contributed by atoms with E-state index in [4.69, 9.17) is 4.74 Å². The molecule has 2 aromatic rings. The molecule has 2 aromatic carbocycles. The topological polar surface area (TPSA) is 92.8 Å². The van der Waals surface area contributed by atoms with E-state index in [2.05, 4.69) is 24.4 Å². The number of benzene rings is 2. The Bertz CT molecular complexity index is 1570. The fraction of sp³-hybridized carbons (Fsp3) is 0.529. The van der Waals surface area contributed by atoms with Gasteiger partial charge in [-0.2, -0.15) is 0 Å². The summed E-state index contributed by atoms with van der Waals surface area (Å²) in [6.07, 6.45) is 9.52. The second-order valence-electron chi connectivity index (χ2n) is 13.1. The van der Waals surface area contributed by atoms with Crippen molar-refractivity contribution in [2.45, 2.75) is 75.5 Å². The summed E-state index contributed by atoms with van der Waals surface area (Å²) in [6.45, 7) is 4.74. The number of Topliss-reactive ketones (excluding diaryl/α,β-unsaturated/α-hetero) is 1. The SMILES string of the molecule is C[C@]12CC[C@@H]3c4cc(CCCC(=O)N5CCOCC5)c(Nc5ccc6c(c5)S(=O)(=O)C=C6)cc4CC[C@H]3[C@@H]1CCC2=O. The molecule has 0 aromatic heterocycles. The first-order valence-electron chi connectivity index (χ1n) is 15.6. The van der Waals surface area contributed by atoms with Crippen LogP contribution in [0.15, 0.2) is 40.6 Å². The first kappa shape index (κ1) is 27.8. The van der Waals surface area contributed by atoms with E-state index in [1.54, 1.807) is 12.1 Å². The predicted octanol–water partition coefficient (Wildman–Crippen LogP) is 5.79. The molecule has 1 N–H and O–H groups in total. The van der Waals surface area contributed by atoms with Crippen molar-refractivity contribution in [2.24, 2.45) is 17.3 Å². The first-order chi connectivity index (χ1) is 20.2. The van der Waals surface area contributed by atoms with E-state index >= 15 is 0 Å². The summed E-state index contributed by atoms with van der Waals surface area (Å²) in [5.41, 5.74) is 6.26. The van der Waals surface area contributed by atoms with Crippen LogP contribution in [0.3, 0.4) is 0 Å². The maximum absolute atomic E-state index is 12.9. The molecule has 3 fully saturated rings. The van der Waals surface area contributed by atoms with Crippen molar-refractivity contribution in [3.63, 3.8) is 0 Å². The van der Waals surface area contributed by atoms with E-state index in [9.17, 15) is 18.0 Å². The normalized spacial score (nSPS) is 29.0. The third-order valence-corrected chi connectivity index (χ3v) is 12.3. The molecule has 0 bridgehead atoms. The minimum absolute atomic E-state index is 0.147. The number of hydrogen-bond donors (Lipinski definition) is 1. The molecule has 5 aliphatic rings. The number of nitrogens with one attached hydrogen (secondary N) is 1.